The molecule has 0 saturated carbocycles. The molecule has 0 aromatic heterocycles. The molecular formula is CH3ClORu. The second-order valence-electron chi connectivity index (χ2n) is 0. The minimum absolute atomic E-state index is 1.82. The first kappa shape index (κ1) is 8.86. The quantitative estimate of drug-likeness (QED) is 0.419. The number of hydrogen-bond donors (Lipinski definition) is 1. The molecule has 0 rings (SSSR count). The predicted molar refractivity (Wildman–Crippen MR) is 13.1 cm³/mol. The van der Waals surface area contributed by atoms with Crippen molar-refractivity contribution in [3.05, 3.63) is 7.11 Å². The average Bonchev–Trinajstić information content (AvgIpc) is 1.50. The van der Waals surface area contributed by atoms with Gasteiger partial charge in [0.1, 0.15) is 0 Å². The van der Waals surface area contributed by atoms with Gasteiger partial charge in [-0.15, -0.1) is 0 Å². The van der Waals surface area contributed by atoms with Gasteiger partial charge in [-0.3, -0.25) is 0 Å². The molecule has 28 valence electrons. The molecule has 0 aliphatic rings. The van der Waals surface area contributed by atoms with Crippen LogP contribution < -0.4 is 0 Å². The molecule has 0 radical (unpaired) electrons. The maximum absolute atomic E-state index is 6.75. The van der Waals surface area contributed by atoms with Crippen LogP contribution in [0.3, 0.4) is 0 Å². The van der Waals surface area contributed by atoms with Crippen LogP contribution in [-0.2, 0) is 17.3 Å². The fourth-order valence-corrected chi connectivity index (χ4v) is 0. The summed E-state index contributed by atoms with van der Waals surface area (Å²) in [5, 5.41) is 6.75. The fourth-order valence-electron chi connectivity index (χ4n) is 0. The normalized spacial score (nSPS) is 3.00. The molecule has 0 bridgehead atoms. The molecule has 0 aliphatic heterocycles. The molecule has 0 aliphatic carbocycles. The Morgan fingerprint density at radius 1 is 1.50 bits per heavy atom. The monoisotopic (exact) mass is 168 g/mol. The first-order valence-electron chi connectivity index (χ1n) is 0.450. The number of hydrogen-bond acceptors (Lipinski definition) is 1. The standard InChI is InChI=1S/CH3O.ClH.Ru/c1-2;;/h2H,1H2;1H;/q-1;;+2/p-1. The van der Waals surface area contributed by atoms with Gasteiger partial charge in [0.25, 0.3) is 0 Å². The molecule has 0 atom stereocenters. The first-order valence-corrected chi connectivity index (χ1v) is 2.69. The van der Waals surface area contributed by atoms with Gasteiger partial charge in [0, 0.05) is 0 Å². The fraction of sp³-hybridized carbons (Fsp3) is 0. The van der Waals surface area contributed by atoms with Crippen molar-refractivity contribution in [2.24, 2.45) is 0 Å². The van der Waals surface area contributed by atoms with E-state index in [4.69, 9.17) is 5.11 Å². The van der Waals surface area contributed by atoms with E-state index in [0.29, 0.717) is 0 Å². The van der Waals surface area contributed by atoms with Crippen LogP contribution in [0.2, 0.25) is 0 Å². The summed E-state index contributed by atoms with van der Waals surface area (Å²) in [5.41, 5.74) is 0. The van der Waals surface area contributed by atoms with Crippen LogP contribution >= 0.6 is 9.69 Å². The van der Waals surface area contributed by atoms with Gasteiger partial charge in [-0.05, 0) is 0 Å². The van der Waals surface area contributed by atoms with E-state index >= 15 is 0 Å². The summed E-state index contributed by atoms with van der Waals surface area (Å²) >= 11 is 1.82. The molecule has 4 heavy (non-hydrogen) atoms. The Morgan fingerprint density at radius 2 is 1.50 bits per heavy atom. The molecule has 0 aromatic carbocycles. The Kier molecular flexibility index (Phi) is 92.8. The second kappa shape index (κ2) is 41.9. The number of aliphatic hydroxyl groups is 1. The maximum atomic E-state index is 6.75. The van der Waals surface area contributed by atoms with E-state index < -0.39 is 0 Å². The summed E-state index contributed by atoms with van der Waals surface area (Å²) in [6.07, 6.45) is 0. The van der Waals surface area contributed by atoms with E-state index in [1.165, 1.54) is 0 Å². The van der Waals surface area contributed by atoms with E-state index in [1.54, 1.807) is 0 Å². The second-order valence-corrected chi connectivity index (χ2v) is 0. The van der Waals surface area contributed by atoms with E-state index in [0.717, 1.165) is 0 Å². The van der Waals surface area contributed by atoms with Crippen LogP contribution in [0.4, 0.5) is 0 Å². The number of halogens is 1. The van der Waals surface area contributed by atoms with Gasteiger partial charge in [-0.25, -0.2) is 7.11 Å². The molecule has 3 heteroatoms. The van der Waals surface area contributed by atoms with E-state index in [9.17, 15) is 0 Å². The van der Waals surface area contributed by atoms with Gasteiger partial charge >= 0.3 is 27.0 Å². The zero-order chi connectivity index (χ0) is 4.00. The summed E-state index contributed by atoms with van der Waals surface area (Å²) in [4.78, 5) is 0. The Morgan fingerprint density at radius 3 is 1.50 bits per heavy atom. The van der Waals surface area contributed by atoms with Crippen LogP contribution in [0.15, 0.2) is 0 Å². The van der Waals surface area contributed by atoms with Gasteiger partial charge in [0.2, 0.25) is 0 Å². The third-order valence-corrected chi connectivity index (χ3v) is 0. The van der Waals surface area contributed by atoms with E-state index in [-0.39, 0.29) is 0 Å². The van der Waals surface area contributed by atoms with Gasteiger partial charge < -0.3 is 5.11 Å². The van der Waals surface area contributed by atoms with Crippen LogP contribution in [0.1, 0.15) is 0 Å². The third kappa shape index (κ3) is 13.2. The number of aliphatic hydroxyl groups excluding tert-OH is 1. The molecule has 0 spiro atoms. The SMILES string of the molecule is [CH2-]O.[Cl][Ru+]. The Bertz CT molecular complexity index is 8.00. The molecule has 1 N–H and O–H groups in total. The van der Waals surface area contributed by atoms with Crippen molar-refractivity contribution in [2.75, 3.05) is 0 Å². The Labute approximate surface area is 39.7 Å². The molecule has 0 amide bonds. The molecule has 0 aromatic rings. The molecule has 0 unspecified atom stereocenters. The molecular weight excluding hydrogens is 165 g/mol. The zero-order valence-electron chi connectivity index (χ0n) is 1.89. The summed E-state index contributed by atoms with van der Waals surface area (Å²) in [6, 6.07) is 0. The first-order chi connectivity index (χ1) is 2.00. The van der Waals surface area contributed by atoms with Gasteiger partial charge in [-0.1, -0.05) is 0 Å². The topological polar surface area (TPSA) is 20.2 Å². The van der Waals surface area contributed by atoms with Gasteiger partial charge in [0.05, 0.1) is 0 Å². The summed E-state index contributed by atoms with van der Waals surface area (Å²) in [6.45, 7) is 0. The average molecular weight is 168 g/mol. The van der Waals surface area contributed by atoms with Crippen LogP contribution in [0.25, 0.3) is 0 Å². The third-order valence-electron chi connectivity index (χ3n) is 0. The molecule has 0 saturated heterocycles. The van der Waals surface area contributed by atoms with Crippen LogP contribution in [0.5, 0.6) is 0 Å². The van der Waals surface area contributed by atoms with Gasteiger partial charge in [0.15, 0.2) is 0 Å². The Hall–Kier alpha value is 0.873. The zero-order valence-corrected chi connectivity index (χ0v) is 4.38. The van der Waals surface area contributed by atoms with Gasteiger partial charge in [-0.2, -0.15) is 0 Å². The Balaban J connectivity index is 0. The van der Waals surface area contributed by atoms with Crippen LogP contribution in [0, 0.1) is 7.11 Å². The van der Waals surface area contributed by atoms with Crippen molar-refractivity contribution in [1.82, 2.24) is 0 Å². The van der Waals surface area contributed by atoms with Crippen molar-refractivity contribution >= 4 is 9.69 Å². The minimum atomic E-state index is 1.82. The molecule has 0 heterocycles. The van der Waals surface area contributed by atoms with Crippen molar-refractivity contribution < 1.29 is 22.4 Å². The van der Waals surface area contributed by atoms with Crippen molar-refractivity contribution in [1.29, 1.82) is 0 Å². The summed E-state index contributed by atoms with van der Waals surface area (Å²) < 4.78 is 0. The van der Waals surface area contributed by atoms with Crippen LogP contribution in [-0.4, -0.2) is 5.11 Å². The van der Waals surface area contributed by atoms with E-state index in [1.807, 2.05) is 17.3 Å². The molecule has 1 nitrogen and oxygen atoms in total. The summed E-state index contributed by atoms with van der Waals surface area (Å²) in [7, 11) is 6.82. The predicted octanol–water partition coefficient (Wildman–Crippen LogP) is 0.837. The van der Waals surface area contributed by atoms with Crippen molar-refractivity contribution in [3.8, 4) is 0 Å². The number of rotatable bonds is 0. The van der Waals surface area contributed by atoms with Crippen molar-refractivity contribution in [3.63, 3.8) is 0 Å². The molecule has 0 fully saturated rings. The van der Waals surface area contributed by atoms with Crippen molar-refractivity contribution in [2.45, 2.75) is 0 Å². The summed E-state index contributed by atoms with van der Waals surface area (Å²) in [5.74, 6) is 0. The van der Waals surface area contributed by atoms with E-state index in [2.05, 4.69) is 16.8 Å².